The van der Waals surface area contributed by atoms with Crippen molar-refractivity contribution in [3.05, 3.63) is 83.4 Å². The van der Waals surface area contributed by atoms with Gasteiger partial charge in [0, 0.05) is 5.02 Å². The van der Waals surface area contributed by atoms with Crippen LogP contribution in [-0.2, 0) is 9.53 Å². The molecule has 0 radical (unpaired) electrons. The van der Waals surface area contributed by atoms with Crippen molar-refractivity contribution in [1.82, 2.24) is 0 Å². The molecule has 28 heavy (non-hydrogen) atoms. The number of carbonyl (C=O) groups excluding carboxylic acids is 2. The first-order chi connectivity index (χ1) is 13.6. The van der Waals surface area contributed by atoms with Gasteiger partial charge in [0.25, 0.3) is 0 Å². The molecule has 3 rings (SSSR count). The van der Waals surface area contributed by atoms with Crippen LogP contribution in [-0.4, -0.2) is 25.7 Å². The Morgan fingerprint density at radius 1 is 0.893 bits per heavy atom. The molecular formula is C22H17ClO5. The van der Waals surface area contributed by atoms with Gasteiger partial charge in [0.2, 0.25) is 0 Å². The van der Waals surface area contributed by atoms with Gasteiger partial charge in [0.05, 0.1) is 7.11 Å². The van der Waals surface area contributed by atoms with Gasteiger partial charge in [0.15, 0.2) is 6.61 Å². The van der Waals surface area contributed by atoms with E-state index in [1.165, 1.54) is 25.3 Å². The van der Waals surface area contributed by atoms with E-state index in [9.17, 15) is 9.59 Å². The van der Waals surface area contributed by atoms with E-state index in [1.54, 1.807) is 12.1 Å². The number of methoxy groups -OCH3 is 1. The average Bonchev–Trinajstić information content (AvgIpc) is 2.74. The second-order valence-electron chi connectivity index (χ2n) is 5.79. The molecule has 0 fully saturated rings. The van der Waals surface area contributed by atoms with E-state index in [4.69, 9.17) is 21.1 Å². The largest absolute Gasteiger partial charge is 0.482 e. The van der Waals surface area contributed by atoms with Gasteiger partial charge in [-0.3, -0.25) is 0 Å². The molecule has 0 saturated heterocycles. The topological polar surface area (TPSA) is 61.8 Å². The Balaban J connectivity index is 1.61. The summed E-state index contributed by atoms with van der Waals surface area (Å²) in [6.45, 7) is -0.312. The van der Waals surface area contributed by atoms with Crippen LogP contribution in [0, 0.1) is 0 Å². The average molecular weight is 397 g/mol. The molecule has 0 bridgehead atoms. The molecule has 0 heterocycles. The van der Waals surface area contributed by atoms with E-state index >= 15 is 0 Å². The molecule has 0 atom stereocenters. The third kappa shape index (κ3) is 4.90. The summed E-state index contributed by atoms with van der Waals surface area (Å²) in [6, 6.07) is 21.6. The van der Waals surface area contributed by atoms with Crippen molar-refractivity contribution >= 4 is 23.5 Å². The van der Waals surface area contributed by atoms with Crippen molar-refractivity contribution in [2.75, 3.05) is 13.7 Å². The standard InChI is InChI=1S/C22H17ClO5/c1-26-22(25)19-13-17(23)9-12-20(19)28-21(24)14-27-18-10-7-16(8-11-18)15-5-3-2-4-6-15/h2-13H,14H2,1H3. The van der Waals surface area contributed by atoms with Gasteiger partial charge in [0.1, 0.15) is 17.1 Å². The normalized spacial score (nSPS) is 10.2. The van der Waals surface area contributed by atoms with Gasteiger partial charge in [-0.1, -0.05) is 54.1 Å². The summed E-state index contributed by atoms with van der Waals surface area (Å²) in [4.78, 5) is 23.9. The summed E-state index contributed by atoms with van der Waals surface area (Å²) in [5.74, 6) is -0.715. The van der Waals surface area contributed by atoms with Gasteiger partial charge in [-0.25, -0.2) is 9.59 Å². The fourth-order valence-corrected chi connectivity index (χ4v) is 2.70. The lowest BCUT2D eigenvalue weighted by Gasteiger charge is -2.10. The minimum atomic E-state index is -0.653. The van der Waals surface area contributed by atoms with Crippen LogP contribution in [0.25, 0.3) is 11.1 Å². The van der Waals surface area contributed by atoms with Crippen molar-refractivity contribution in [3.63, 3.8) is 0 Å². The lowest BCUT2D eigenvalue weighted by molar-refractivity contribution is -0.136. The summed E-state index contributed by atoms with van der Waals surface area (Å²) in [7, 11) is 1.23. The molecular weight excluding hydrogens is 380 g/mol. The van der Waals surface area contributed by atoms with Crippen molar-refractivity contribution in [3.8, 4) is 22.6 Å². The zero-order valence-electron chi connectivity index (χ0n) is 15.1. The summed E-state index contributed by atoms with van der Waals surface area (Å²) < 4.78 is 15.3. The number of ether oxygens (including phenoxy) is 3. The maximum atomic E-state index is 12.1. The zero-order chi connectivity index (χ0) is 19.9. The first-order valence-electron chi connectivity index (χ1n) is 8.43. The van der Waals surface area contributed by atoms with Gasteiger partial charge in [-0.15, -0.1) is 0 Å². The summed E-state index contributed by atoms with van der Waals surface area (Å²) in [5, 5.41) is 0.329. The molecule has 6 heteroatoms. The number of halogens is 1. The predicted molar refractivity (Wildman–Crippen MR) is 106 cm³/mol. The Morgan fingerprint density at radius 2 is 1.57 bits per heavy atom. The summed E-state index contributed by atoms with van der Waals surface area (Å²) in [5.41, 5.74) is 2.20. The zero-order valence-corrected chi connectivity index (χ0v) is 15.8. The van der Waals surface area contributed by atoms with Crippen LogP contribution in [0.3, 0.4) is 0 Å². The second-order valence-corrected chi connectivity index (χ2v) is 6.22. The first-order valence-corrected chi connectivity index (χ1v) is 8.81. The fraction of sp³-hybridized carbons (Fsp3) is 0.0909. The maximum Gasteiger partial charge on any atom is 0.349 e. The number of hydrogen-bond donors (Lipinski definition) is 0. The minimum absolute atomic E-state index is 0.0595. The molecule has 142 valence electrons. The first kappa shape index (κ1) is 19.5. The molecule has 0 aliphatic carbocycles. The smallest absolute Gasteiger partial charge is 0.349 e. The Bertz CT molecular complexity index is 968. The highest BCUT2D eigenvalue weighted by Gasteiger charge is 2.17. The predicted octanol–water partition coefficient (Wildman–Crippen LogP) is 4.78. The van der Waals surface area contributed by atoms with Crippen LogP contribution in [0.4, 0.5) is 0 Å². The van der Waals surface area contributed by atoms with Crippen molar-refractivity contribution in [2.24, 2.45) is 0 Å². The number of benzene rings is 3. The Hall–Kier alpha value is -3.31. The fourth-order valence-electron chi connectivity index (χ4n) is 2.53. The molecule has 0 N–H and O–H groups in total. The van der Waals surface area contributed by atoms with Crippen LogP contribution in [0.1, 0.15) is 10.4 Å². The molecule has 0 amide bonds. The van der Waals surface area contributed by atoms with E-state index in [0.29, 0.717) is 10.8 Å². The number of rotatable bonds is 6. The van der Waals surface area contributed by atoms with Crippen molar-refractivity contribution in [1.29, 1.82) is 0 Å². The third-order valence-corrected chi connectivity index (χ3v) is 4.12. The molecule has 0 aliphatic rings. The van der Waals surface area contributed by atoms with Crippen LogP contribution < -0.4 is 9.47 Å². The van der Waals surface area contributed by atoms with Crippen LogP contribution in [0.15, 0.2) is 72.8 Å². The van der Waals surface area contributed by atoms with Crippen molar-refractivity contribution in [2.45, 2.75) is 0 Å². The Kier molecular flexibility index (Phi) is 6.29. The summed E-state index contributed by atoms with van der Waals surface area (Å²) >= 11 is 5.88. The van der Waals surface area contributed by atoms with Crippen LogP contribution in [0.5, 0.6) is 11.5 Å². The highest BCUT2D eigenvalue weighted by Crippen LogP contribution is 2.25. The van der Waals surface area contributed by atoms with Gasteiger partial charge in [-0.05, 0) is 41.5 Å². The molecule has 3 aromatic carbocycles. The highest BCUT2D eigenvalue weighted by molar-refractivity contribution is 6.31. The van der Waals surface area contributed by atoms with Crippen LogP contribution >= 0.6 is 11.6 Å². The quantitative estimate of drug-likeness (QED) is 0.443. The number of hydrogen-bond acceptors (Lipinski definition) is 5. The molecule has 3 aromatic rings. The monoisotopic (exact) mass is 396 g/mol. The molecule has 0 unspecified atom stereocenters. The Labute approximate surface area is 167 Å². The van der Waals surface area contributed by atoms with E-state index in [0.717, 1.165) is 11.1 Å². The van der Waals surface area contributed by atoms with E-state index < -0.39 is 11.9 Å². The minimum Gasteiger partial charge on any atom is -0.482 e. The molecule has 0 aromatic heterocycles. The van der Waals surface area contributed by atoms with Crippen molar-refractivity contribution < 1.29 is 23.8 Å². The van der Waals surface area contributed by atoms with E-state index in [1.807, 2.05) is 42.5 Å². The second kappa shape index (κ2) is 9.06. The van der Waals surface area contributed by atoms with Gasteiger partial charge >= 0.3 is 11.9 Å². The number of carbonyl (C=O) groups is 2. The lowest BCUT2D eigenvalue weighted by Crippen LogP contribution is -2.19. The van der Waals surface area contributed by atoms with E-state index in [-0.39, 0.29) is 17.9 Å². The third-order valence-electron chi connectivity index (χ3n) is 3.89. The van der Waals surface area contributed by atoms with Crippen LogP contribution in [0.2, 0.25) is 5.02 Å². The number of esters is 2. The van der Waals surface area contributed by atoms with Gasteiger partial charge in [-0.2, -0.15) is 0 Å². The maximum absolute atomic E-state index is 12.1. The molecule has 0 saturated carbocycles. The molecule has 0 aliphatic heterocycles. The summed E-state index contributed by atoms with van der Waals surface area (Å²) in [6.07, 6.45) is 0. The molecule has 0 spiro atoms. The lowest BCUT2D eigenvalue weighted by atomic mass is 10.1. The highest BCUT2D eigenvalue weighted by atomic mass is 35.5. The van der Waals surface area contributed by atoms with Gasteiger partial charge < -0.3 is 14.2 Å². The molecule has 5 nitrogen and oxygen atoms in total. The van der Waals surface area contributed by atoms with E-state index in [2.05, 4.69) is 4.74 Å². The Morgan fingerprint density at radius 3 is 2.25 bits per heavy atom. The SMILES string of the molecule is COC(=O)c1cc(Cl)ccc1OC(=O)COc1ccc(-c2ccccc2)cc1.